The average Bonchev–Trinajstić information content (AvgIpc) is 3.16. The van der Waals surface area contributed by atoms with Crippen LogP contribution in [-0.4, -0.2) is 53.8 Å². The lowest BCUT2D eigenvalue weighted by Gasteiger charge is -2.43. The van der Waals surface area contributed by atoms with Gasteiger partial charge in [0.05, 0.1) is 9.77 Å². The molecule has 2 aromatic carbocycles. The van der Waals surface area contributed by atoms with E-state index in [0.29, 0.717) is 37.4 Å². The lowest BCUT2D eigenvalue weighted by molar-refractivity contribution is 0.0604. The van der Waals surface area contributed by atoms with Crippen molar-refractivity contribution in [1.29, 1.82) is 0 Å². The number of piperidine rings is 1. The Morgan fingerprint density at radius 1 is 0.969 bits per heavy atom. The van der Waals surface area contributed by atoms with Crippen LogP contribution in [0.25, 0.3) is 0 Å². The average molecular weight is 473 g/mol. The van der Waals surface area contributed by atoms with Gasteiger partial charge in [-0.15, -0.1) is 11.8 Å². The molecule has 0 bridgehead atoms. The van der Waals surface area contributed by atoms with Gasteiger partial charge in [-0.05, 0) is 54.5 Å². The number of benzene rings is 2. The SMILES string of the molecule is Cc1ccccc1C(=O)N1CCSC12CCN(S(=O)(=O)c1ccc(C(C)(C)C)cc1)CC2. The molecule has 1 spiro atoms. The minimum Gasteiger partial charge on any atom is -0.323 e. The van der Waals surface area contributed by atoms with Gasteiger partial charge in [-0.1, -0.05) is 51.1 Å². The fourth-order valence-electron chi connectivity index (χ4n) is 4.62. The van der Waals surface area contributed by atoms with Crippen LogP contribution in [0.15, 0.2) is 53.4 Å². The number of hydrogen-bond donors (Lipinski definition) is 0. The molecule has 2 aliphatic rings. The Hall–Kier alpha value is -1.83. The Kier molecular flexibility index (Phi) is 6.20. The Bertz CT molecular complexity index is 1100. The molecule has 172 valence electrons. The van der Waals surface area contributed by atoms with Crippen LogP contribution >= 0.6 is 11.8 Å². The number of amides is 1. The van der Waals surface area contributed by atoms with Crippen LogP contribution in [0.4, 0.5) is 0 Å². The number of aryl methyl sites for hydroxylation is 1. The second-order valence-electron chi connectivity index (χ2n) is 9.74. The first-order valence-corrected chi connectivity index (χ1v) is 13.6. The van der Waals surface area contributed by atoms with E-state index in [1.807, 2.05) is 48.2 Å². The summed E-state index contributed by atoms with van der Waals surface area (Å²) in [5.41, 5.74) is 2.81. The zero-order valence-electron chi connectivity index (χ0n) is 19.3. The van der Waals surface area contributed by atoms with Gasteiger partial charge < -0.3 is 4.90 Å². The first kappa shape index (κ1) is 23.3. The van der Waals surface area contributed by atoms with Gasteiger partial charge in [-0.25, -0.2) is 8.42 Å². The molecule has 7 heteroatoms. The van der Waals surface area contributed by atoms with Gasteiger partial charge >= 0.3 is 0 Å². The Labute approximate surface area is 196 Å². The standard InChI is InChI=1S/C25H32N2O3S2/c1-19-7-5-6-8-22(19)23(28)27-17-18-31-25(27)13-15-26(16-14-25)32(29,30)21-11-9-20(10-12-21)24(2,3)4/h5-12H,13-18H2,1-4H3. The maximum Gasteiger partial charge on any atom is 0.255 e. The van der Waals surface area contributed by atoms with Crippen LogP contribution in [0.1, 0.15) is 55.1 Å². The van der Waals surface area contributed by atoms with Crippen molar-refractivity contribution in [2.45, 2.75) is 55.7 Å². The molecule has 0 atom stereocenters. The van der Waals surface area contributed by atoms with E-state index in [1.54, 1.807) is 28.2 Å². The number of thioether (sulfide) groups is 1. The minimum atomic E-state index is -3.55. The molecule has 32 heavy (non-hydrogen) atoms. The fraction of sp³-hybridized carbons (Fsp3) is 0.480. The highest BCUT2D eigenvalue weighted by atomic mass is 32.2. The summed E-state index contributed by atoms with van der Waals surface area (Å²) >= 11 is 1.80. The molecule has 0 unspecified atom stereocenters. The van der Waals surface area contributed by atoms with Crippen LogP contribution in [0.3, 0.4) is 0 Å². The van der Waals surface area contributed by atoms with Crippen molar-refractivity contribution < 1.29 is 13.2 Å². The summed E-state index contributed by atoms with van der Waals surface area (Å²) in [5, 5.41) is 0. The summed E-state index contributed by atoms with van der Waals surface area (Å²) in [5.74, 6) is 0.945. The molecule has 0 saturated carbocycles. The van der Waals surface area contributed by atoms with Crippen molar-refractivity contribution >= 4 is 27.7 Å². The van der Waals surface area contributed by atoms with Gasteiger partial charge in [0.25, 0.3) is 5.91 Å². The van der Waals surface area contributed by atoms with Gasteiger partial charge in [0.15, 0.2) is 0 Å². The Morgan fingerprint density at radius 3 is 2.19 bits per heavy atom. The van der Waals surface area contributed by atoms with Crippen molar-refractivity contribution in [1.82, 2.24) is 9.21 Å². The smallest absolute Gasteiger partial charge is 0.255 e. The van der Waals surface area contributed by atoms with E-state index in [4.69, 9.17) is 0 Å². The summed E-state index contributed by atoms with van der Waals surface area (Å²) in [7, 11) is -3.55. The third kappa shape index (κ3) is 4.22. The Balaban J connectivity index is 1.50. The van der Waals surface area contributed by atoms with E-state index in [2.05, 4.69) is 20.8 Å². The molecule has 1 amide bonds. The highest BCUT2D eigenvalue weighted by molar-refractivity contribution is 8.00. The zero-order chi connectivity index (χ0) is 23.1. The van der Waals surface area contributed by atoms with Crippen molar-refractivity contribution in [3.8, 4) is 0 Å². The largest absolute Gasteiger partial charge is 0.323 e. The molecule has 4 rings (SSSR count). The van der Waals surface area contributed by atoms with E-state index in [-0.39, 0.29) is 16.2 Å². The second kappa shape index (κ2) is 8.50. The van der Waals surface area contributed by atoms with Crippen LogP contribution in [-0.2, 0) is 15.4 Å². The first-order valence-electron chi connectivity index (χ1n) is 11.2. The maximum atomic E-state index is 13.3. The first-order chi connectivity index (χ1) is 15.0. The predicted octanol–water partition coefficient (Wildman–Crippen LogP) is 4.66. The molecule has 0 N–H and O–H groups in total. The van der Waals surface area contributed by atoms with E-state index in [1.165, 1.54) is 0 Å². The molecule has 0 radical (unpaired) electrons. The number of carbonyl (C=O) groups excluding carboxylic acids is 1. The summed E-state index contributed by atoms with van der Waals surface area (Å²) in [6.45, 7) is 9.86. The minimum absolute atomic E-state index is 0.0212. The second-order valence-corrected chi connectivity index (χ2v) is 13.1. The lowest BCUT2D eigenvalue weighted by Crippen LogP contribution is -2.53. The predicted molar refractivity (Wildman–Crippen MR) is 131 cm³/mol. The molecule has 2 heterocycles. The van der Waals surface area contributed by atoms with E-state index >= 15 is 0 Å². The summed E-state index contributed by atoms with van der Waals surface area (Å²) < 4.78 is 28.1. The molecule has 2 aromatic rings. The molecule has 2 saturated heterocycles. The molecule has 5 nitrogen and oxygen atoms in total. The van der Waals surface area contributed by atoms with E-state index < -0.39 is 10.0 Å². The number of hydrogen-bond acceptors (Lipinski definition) is 4. The highest BCUT2D eigenvalue weighted by Gasteiger charge is 2.48. The molecule has 0 aliphatic carbocycles. The van der Waals surface area contributed by atoms with Crippen molar-refractivity contribution in [2.24, 2.45) is 0 Å². The third-order valence-electron chi connectivity index (χ3n) is 6.66. The topological polar surface area (TPSA) is 57.7 Å². The molecular formula is C25H32N2O3S2. The van der Waals surface area contributed by atoms with Gasteiger partial charge in [0.1, 0.15) is 0 Å². The zero-order valence-corrected chi connectivity index (χ0v) is 20.9. The summed E-state index contributed by atoms with van der Waals surface area (Å²) in [6.07, 6.45) is 1.29. The molecule has 2 fully saturated rings. The van der Waals surface area contributed by atoms with Gasteiger partial charge in [0.2, 0.25) is 10.0 Å². The monoisotopic (exact) mass is 472 g/mol. The number of nitrogens with zero attached hydrogens (tertiary/aromatic N) is 2. The van der Waals surface area contributed by atoms with Gasteiger partial charge in [-0.3, -0.25) is 4.79 Å². The van der Waals surface area contributed by atoms with E-state index in [0.717, 1.165) is 22.4 Å². The highest BCUT2D eigenvalue weighted by Crippen LogP contribution is 2.45. The third-order valence-corrected chi connectivity index (χ3v) is 10.1. The number of rotatable bonds is 3. The van der Waals surface area contributed by atoms with E-state index in [9.17, 15) is 13.2 Å². The van der Waals surface area contributed by atoms with Crippen molar-refractivity contribution in [3.63, 3.8) is 0 Å². The molecule has 0 aromatic heterocycles. The lowest BCUT2D eigenvalue weighted by atomic mass is 9.87. The maximum absolute atomic E-state index is 13.3. The number of sulfonamides is 1. The van der Waals surface area contributed by atoms with Crippen molar-refractivity contribution in [2.75, 3.05) is 25.4 Å². The Morgan fingerprint density at radius 2 is 1.59 bits per heavy atom. The van der Waals surface area contributed by atoms with Crippen LogP contribution in [0, 0.1) is 6.92 Å². The van der Waals surface area contributed by atoms with Gasteiger partial charge in [0, 0.05) is 31.0 Å². The summed E-state index contributed by atoms with van der Waals surface area (Å²) in [4.78, 5) is 15.3. The van der Waals surface area contributed by atoms with Crippen molar-refractivity contribution in [3.05, 3.63) is 65.2 Å². The van der Waals surface area contributed by atoms with Crippen LogP contribution in [0.5, 0.6) is 0 Å². The summed E-state index contributed by atoms with van der Waals surface area (Å²) in [6, 6.07) is 14.9. The normalized spacial score (nSPS) is 19.4. The quantitative estimate of drug-likeness (QED) is 0.652. The molecular weight excluding hydrogens is 440 g/mol. The van der Waals surface area contributed by atoms with Crippen LogP contribution < -0.4 is 0 Å². The fourth-order valence-corrected chi connectivity index (χ4v) is 7.52. The number of carbonyl (C=O) groups is 1. The van der Waals surface area contributed by atoms with Crippen LogP contribution in [0.2, 0.25) is 0 Å². The molecule has 2 aliphatic heterocycles. The van der Waals surface area contributed by atoms with Gasteiger partial charge in [-0.2, -0.15) is 4.31 Å².